The lowest BCUT2D eigenvalue weighted by molar-refractivity contribution is 0.0255. The van der Waals surface area contributed by atoms with E-state index in [0.29, 0.717) is 0 Å². The zero-order valence-electron chi connectivity index (χ0n) is 9.10. The molecule has 0 radical (unpaired) electrons. The molecule has 1 rings (SSSR count). The summed E-state index contributed by atoms with van der Waals surface area (Å²) in [4.78, 5) is 0. The molecule has 1 fully saturated rings. The summed E-state index contributed by atoms with van der Waals surface area (Å²) >= 11 is 0. The van der Waals surface area contributed by atoms with Gasteiger partial charge in [-0.05, 0) is 32.4 Å². The van der Waals surface area contributed by atoms with Gasteiger partial charge in [0.05, 0.1) is 5.60 Å². The van der Waals surface area contributed by atoms with Gasteiger partial charge in [-0.3, -0.25) is 0 Å². The normalized spacial score (nSPS) is 21.9. The first-order chi connectivity index (χ1) is 6.77. The van der Waals surface area contributed by atoms with Crippen LogP contribution in [0.15, 0.2) is 0 Å². The zero-order valence-corrected chi connectivity index (χ0v) is 9.10. The van der Waals surface area contributed by atoms with Gasteiger partial charge in [0.1, 0.15) is 0 Å². The van der Waals surface area contributed by atoms with Crippen molar-refractivity contribution in [2.24, 2.45) is 5.73 Å². The van der Waals surface area contributed by atoms with Gasteiger partial charge in [0.2, 0.25) is 0 Å². The molecular weight excluding hydrogens is 176 g/mol. The summed E-state index contributed by atoms with van der Waals surface area (Å²) in [6.45, 7) is 2.40. The SMILES string of the molecule is NCCCNCC1(O)CCCCCC1. The van der Waals surface area contributed by atoms with Crippen molar-refractivity contribution in [2.75, 3.05) is 19.6 Å². The Morgan fingerprint density at radius 2 is 1.79 bits per heavy atom. The maximum atomic E-state index is 10.3. The molecule has 14 heavy (non-hydrogen) atoms. The van der Waals surface area contributed by atoms with E-state index in [4.69, 9.17) is 5.73 Å². The molecule has 1 aliphatic rings. The van der Waals surface area contributed by atoms with Crippen molar-refractivity contribution in [2.45, 2.75) is 50.5 Å². The second-order valence-electron chi connectivity index (χ2n) is 4.46. The van der Waals surface area contributed by atoms with Crippen molar-refractivity contribution < 1.29 is 5.11 Å². The maximum absolute atomic E-state index is 10.3. The van der Waals surface area contributed by atoms with Gasteiger partial charge in [0.15, 0.2) is 0 Å². The van der Waals surface area contributed by atoms with Crippen LogP contribution in [0.1, 0.15) is 44.9 Å². The average molecular weight is 200 g/mol. The quantitative estimate of drug-likeness (QED) is 0.458. The number of hydrogen-bond donors (Lipinski definition) is 3. The largest absolute Gasteiger partial charge is 0.389 e. The van der Waals surface area contributed by atoms with Gasteiger partial charge in [-0.2, -0.15) is 0 Å². The maximum Gasteiger partial charge on any atom is 0.0771 e. The molecule has 0 bridgehead atoms. The van der Waals surface area contributed by atoms with Crippen LogP contribution in [-0.4, -0.2) is 30.3 Å². The second kappa shape index (κ2) is 6.38. The van der Waals surface area contributed by atoms with Gasteiger partial charge in [-0.15, -0.1) is 0 Å². The van der Waals surface area contributed by atoms with E-state index in [-0.39, 0.29) is 0 Å². The molecule has 0 unspecified atom stereocenters. The molecule has 3 nitrogen and oxygen atoms in total. The lowest BCUT2D eigenvalue weighted by atomic mass is 9.94. The topological polar surface area (TPSA) is 58.3 Å². The Kier molecular flexibility index (Phi) is 5.45. The molecule has 84 valence electrons. The molecule has 0 amide bonds. The average Bonchev–Trinajstić information content (AvgIpc) is 2.39. The molecule has 1 saturated carbocycles. The van der Waals surface area contributed by atoms with Crippen molar-refractivity contribution in [1.82, 2.24) is 5.32 Å². The molecule has 0 aliphatic heterocycles. The fourth-order valence-electron chi connectivity index (χ4n) is 2.11. The summed E-state index contributed by atoms with van der Waals surface area (Å²) in [7, 11) is 0. The predicted molar refractivity (Wildman–Crippen MR) is 59.2 cm³/mol. The van der Waals surface area contributed by atoms with Crippen LogP contribution >= 0.6 is 0 Å². The fraction of sp³-hybridized carbons (Fsp3) is 1.00. The highest BCUT2D eigenvalue weighted by Gasteiger charge is 2.26. The summed E-state index contributed by atoms with van der Waals surface area (Å²) in [6, 6.07) is 0. The third kappa shape index (κ3) is 4.40. The van der Waals surface area contributed by atoms with Gasteiger partial charge >= 0.3 is 0 Å². The molecule has 0 spiro atoms. The summed E-state index contributed by atoms with van der Waals surface area (Å²) < 4.78 is 0. The van der Waals surface area contributed by atoms with E-state index in [0.717, 1.165) is 38.9 Å². The molecule has 0 heterocycles. The molecule has 0 aromatic rings. The van der Waals surface area contributed by atoms with Crippen LogP contribution < -0.4 is 11.1 Å². The van der Waals surface area contributed by atoms with E-state index < -0.39 is 5.60 Å². The molecule has 0 saturated heterocycles. The Morgan fingerprint density at radius 1 is 1.14 bits per heavy atom. The van der Waals surface area contributed by atoms with E-state index in [1.807, 2.05) is 0 Å². The van der Waals surface area contributed by atoms with Crippen molar-refractivity contribution in [3.8, 4) is 0 Å². The monoisotopic (exact) mass is 200 g/mol. The zero-order chi connectivity index (χ0) is 10.3. The van der Waals surface area contributed by atoms with E-state index in [1.54, 1.807) is 0 Å². The van der Waals surface area contributed by atoms with Crippen LogP contribution in [0, 0.1) is 0 Å². The molecule has 0 aromatic carbocycles. The van der Waals surface area contributed by atoms with Crippen LogP contribution in [0.4, 0.5) is 0 Å². The van der Waals surface area contributed by atoms with Crippen LogP contribution in [0.25, 0.3) is 0 Å². The number of hydrogen-bond acceptors (Lipinski definition) is 3. The Morgan fingerprint density at radius 3 is 2.36 bits per heavy atom. The van der Waals surface area contributed by atoms with Crippen molar-refractivity contribution in [1.29, 1.82) is 0 Å². The van der Waals surface area contributed by atoms with Crippen LogP contribution in [-0.2, 0) is 0 Å². The Bertz CT molecular complexity index is 142. The molecule has 0 atom stereocenters. The lowest BCUT2D eigenvalue weighted by Crippen LogP contribution is -2.40. The first-order valence-electron chi connectivity index (χ1n) is 5.90. The second-order valence-corrected chi connectivity index (χ2v) is 4.46. The number of aliphatic hydroxyl groups is 1. The summed E-state index contributed by atoms with van der Waals surface area (Å²) in [5.74, 6) is 0. The van der Waals surface area contributed by atoms with E-state index >= 15 is 0 Å². The first kappa shape index (κ1) is 12.0. The first-order valence-corrected chi connectivity index (χ1v) is 5.90. The Balaban J connectivity index is 2.17. The lowest BCUT2D eigenvalue weighted by Gasteiger charge is -2.26. The van der Waals surface area contributed by atoms with Gasteiger partial charge in [-0.1, -0.05) is 25.7 Å². The minimum absolute atomic E-state index is 0.439. The van der Waals surface area contributed by atoms with Gasteiger partial charge in [0, 0.05) is 6.54 Å². The molecular formula is C11H24N2O. The third-order valence-corrected chi connectivity index (χ3v) is 3.05. The standard InChI is InChI=1S/C11H24N2O/c12-8-5-9-13-10-11(14)6-3-1-2-4-7-11/h13-14H,1-10,12H2. The van der Waals surface area contributed by atoms with E-state index in [9.17, 15) is 5.11 Å². The fourth-order valence-corrected chi connectivity index (χ4v) is 2.11. The van der Waals surface area contributed by atoms with Gasteiger partial charge in [0.25, 0.3) is 0 Å². The Hall–Kier alpha value is -0.120. The van der Waals surface area contributed by atoms with Crippen molar-refractivity contribution in [3.05, 3.63) is 0 Å². The number of nitrogens with two attached hydrogens (primary N) is 1. The highest BCUT2D eigenvalue weighted by Crippen LogP contribution is 2.26. The number of nitrogens with one attached hydrogen (secondary N) is 1. The highest BCUT2D eigenvalue weighted by atomic mass is 16.3. The van der Waals surface area contributed by atoms with Gasteiger partial charge < -0.3 is 16.2 Å². The molecule has 1 aliphatic carbocycles. The minimum atomic E-state index is -0.439. The van der Waals surface area contributed by atoms with E-state index in [1.165, 1.54) is 25.7 Å². The van der Waals surface area contributed by atoms with E-state index in [2.05, 4.69) is 5.32 Å². The number of rotatable bonds is 5. The predicted octanol–water partition coefficient (Wildman–Crippen LogP) is 1.01. The smallest absolute Gasteiger partial charge is 0.0771 e. The van der Waals surface area contributed by atoms with Crippen molar-refractivity contribution >= 4 is 0 Å². The highest BCUT2D eigenvalue weighted by molar-refractivity contribution is 4.83. The Labute approximate surface area is 87.1 Å². The van der Waals surface area contributed by atoms with Gasteiger partial charge in [-0.25, -0.2) is 0 Å². The molecule has 4 N–H and O–H groups in total. The summed E-state index contributed by atoms with van der Waals surface area (Å²) in [5.41, 5.74) is 4.96. The van der Waals surface area contributed by atoms with Crippen LogP contribution in [0.3, 0.4) is 0 Å². The van der Waals surface area contributed by atoms with Crippen LogP contribution in [0.5, 0.6) is 0 Å². The van der Waals surface area contributed by atoms with Crippen molar-refractivity contribution in [3.63, 3.8) is 0 Å². The third-order valence-electron chi connectivity index (χ3n) is 3.05. The summed E-state index contributed by atoms with van der Waals surface area (Å²) in [5, 5.41) is 13.6. The molecule has 3 heteroatoms. The minimum Gasteiger partial charge on any atom is -0.389 e. The summed E-state index contributed by atoms with van der Waals surface area (Å²) in [6.07, 6.45) is 7.84. The molecule has 0 aromatic heterocycles. The van der Waals surface area contributed by atoms with Crippen LogP contribution in [0.2, 0.25) is 0 Å².